The third kappa shape index (κ3) is 4.41. The molecule has 1 aliphatic rings. The zero-order valence-electron chi connectivity index (χ0n) is 15.4. The van der Waals surface area contributed by atoms with Gasteiger partial charge in [-0.1, -0.05) is 26.0 Å². The SMILES string of the molecule is COC[C@]1(O)CCN(CCCOc2ccccc2OC)CC1(C)C. The highest BCUT2D eigenvalue weighted by atomic mass is 16.5. The first-order valence-corrected chi connectivity index (χ1v) is 8.61. The van der Waals surface area contributed by atoms with E-state index >= 15 is 0 Å². The molecule has 0 saturated carbocycles. The van der Waals surface area contributed by atoms with Crippen LogP contribution in [0.5, 0.6) is 11.5 Å². The molecule has 0 unspecified atom stereocenters. The summed E-state index contributed by atoms with van der Waals surface area (Å²) < 4.78 is 16.3. The van der Waals surface area contributed by atoms with Crippen molar-refractivity contribution in [3.05, 3.63) is 24.3 Å². The van der Waals surface area contributed by atoms with Crippen LogP contribution in [0, 0.1) is 5.41 Å². The molecule has 0 aliphatic carbocycles. The molecule has 1 aliphatic heterocycles. The second-order valence-corrected chi connectivity index (χ2v) is 7.23. The largest absolute Gasteiger partial charge is 0.493 e. The Balaban J connectivity index is 1.78. The average molecular weight is 337 g/mol. The maximum absolute atomic E-state index is 10.8. The van der Waals surface area contributed by atoms with E-state index in [1.807, 2.05) is 24.3 Å². The summed E-state index contributed by atoms with van der Waals surface area (Å²) in [5, 5.41) is 10.8. The summed E-state index contributed by atoms with van der Waals surface area (Å²) in [6, 6.07) is 7.71. The molecule has 0 spiro atoms. The average Bonchev–Trinajstić information content (AvgIpc) is 2.55. The number of para-hydroxylation sites is 2. The van der Waals surface area contributed by atoms with Crippen LogP contribution in [0.15, 0.2) is 24.3 Å². The second-order valence-electron chi connectivity index (χ2n) is 7.23. The predicted molar refractivity (Wildman–Crippen MR) is 94.8 cm³/mol. The first kappa shape index (κ1) is 19.0. The van der Waals surface area contributed by atoms with Crippen LogP contribution in [0.2, 0.25) is 0 Å². The van der Waals surface area contributed by atoms with Gasteiger partial charge in [-0.3, -0.25) is 0 Å². The Bertz CT molecular complexity index is 520. The van der Waals surface area contributed by atoms with E-state index in [1.54, 1.807) is 14.2 Å². The number of rotatable bonds is 8. The van der Waals surface area contributed by atoms with E-state index in [2.05, 4.69) is 18.7 Å². The predicted octanol–water partition coefficient (Wildman–Crippen LogP) is 2.57. The van der Waals surface area contributed by atoms with Crippen LogP contribution in [0.25, 0.3) is 0 Å². The molecule has 5 nitrogen and oxygen atoms in total. The summed E-state index contributed by atoms with van der Waals surface area (Å²) in [5.74, 6) is 1.55. The fourth-order valence-electron chi connectivity index (χ4n) is 3.37. The monoisotopic (exact) mass is 337 g/mol. The Kier molecular flexibility index (Phi) is 6.49. The molecule has 1 N–H and O–H groups in total. The Morgan fingerprint density at radius 1 is 1.17 bits per heavy atom. The van der Waals surface area contributed by atoms with Gasteiger partial charge < -0.3 is 24.2 Å². The van der Waals surface area contributed by atoms with Gasteiger partial charge in [-0.05, 0) is 25.0 Å². The van der Waals surface area contributed by atoms with Gasteiger partial charge in [0.25, 0.3) is 0 Å². The number of hydrogen-bond acceptors (Lipinski definition) is 5. The maximum atomic E-state index is 10.8. The number of likely N-dealkylation sites (tertiary alicyclic amines) is 1. The highest BCUT2D eigenvalue weighted by Crippen LogP contribution is 2.38. The number of ether oxygens (including phenoxy) is 3. The van der Waals surface area contributed by atoms with Crippen molar-refractivity contribution in [1.82, 2.24) is 4.90 Å². The van der Waals surface area contributed by atoms with Gasteiger partial charge in [-0.15, -0.1) is 0 Å². The zero-order valence-corrected chi connectivity index (χ0v) is 15.4. The molecule has 0 aromatic heterocycles. The molecule has 1 heterocycles. The summed E-state index contributed by atoms with van der Waals surface area (Å²) in [4.78, 5) is 2.40. The molecule has 0 radical (unpaired) electrons. The Morgan fingerprint density at radius 3 is 2.50 bits per heavy atom. The minimum atomic E-state index is -0.744. The van der Waals surface area contributed by atoms with E-state index in [9.17, 15) is 5.11 Å². The van der Waals surface area contributed by atoms with Gasteiger partial charge in [-0.25, -0.2) is 0 Å². The van der Waals surface area contributed by atoms with Gasteiger partial charge in [0, 0.05) is 32.2 Å². The number of nitrogens with zero attached hydrogens (tertiary/aromatic N) is 1. The van der Waals surface area contributed by atoms with Crippen molar-refractivity contribution < 1.29 is 19.3 Å². The molecule has 136 valence electrons. The molecular weight excluding hydrogens is 306 g/mol. The van der Waals surface area contributed by atoms with Crippen molar-refractivity contribution in [2.45, 2.75) is 32.3 Å². The number of methoxy groups -OCH3 is 2. The Hall–Kier alpha value is -1.30. The van der Waals surface area contributed by atoms with Crippen LogP contribution in [-0.4, -0.2) is 62.7 Å². The smallest absolute Gasteiger partial charge is 0.161 e. The summed E-state index contributed by atoms with van der Waals surface area (Å²) in [5.41, 5.74) is -0.934. The highest BCUT2D eigenvalue weighted by Gasteiger charge is 2.47. The van der Waals surface area contributed by atoms with Gasteiger partial charge in [0.1, 0.15) is 0 Å². The van der Waals surface area contributed by atoms with Gasteiger partial charge >= 0.3 is 0 Å². The van der Waals surface area contributed by atoms with Crippen LogP contribution in [-0.2, 0) is 4.74 Å². The van der Waals surface area contributed by atoms with Crippen molar-refractivity contribution >= 4 is 0 Å². The molecule has 5 heteroatoms. The summed E-state index contributed by atoms with van der Waals surface area (Å²) in [6.45, 7) is 7.98. The zero-order chi connectivity index (χ0) is 17.6. The number of aliphatic hydroxyl groups is 1. The lowest BCUT2D eigenvalue weighted by Gasteiger charge is -2.50. The molecule has 2 rings (SSSR count). The van der Waals surface area contributed by atoms with E-state index in [1.165, 1.54) is 0 Å². The van der Waals surface area contributed by atoms with Crippen molar-refractivity contribution in [3.8, 4) is 11.5 Å². The van der Waals surface area contributed by atoms with Crippen LogP contribution in [0.3, 0.4) is 0 Å². The normalized spacial score (nSPS) is 23.9. The lowest BCUT2D eigenvalue weighted by atomic mass is 9.70. The van der Waals surface area contributed by atoms with Crippen LogP contribution >= 0.6 is 0 Å². The first-order valence-electron chi connectivity index (χ1n) is 8.61. The van der Waals surface area contributed by atoms with E-state index in [0.29, 0.717) is 13.2 Å². The third-order valence-electron chi connectivity index (χ3n) is 5.05. The molecule has 1 atom stereocenters. The molecule has 1 fully saturated rings. The van der Waals surface area contributed by atoms with Crippen LogP contribution < -0.4 is 9.47 Å². The minimum absolute atomic E-state index is 0.190. The molecular formula is C19H31NO4. The fourth-order valence-corrected chi connectivity index (χ4v) is 3.37. The topological polar surface area (TPSA) is 51.2 Å². The second kappa shape index (κ2) is 8.19. The van der Waals surface area contributed by atoms with Gasteiger partial charge in [-0.2, -0.15) is 0 Å². The molecule has 1 aromatic rings. The Labute approximate surface area is 145 Å². The molecule has 1 saturated heterocycles. The molecule has 24 heavy (non-hydrogen) atoms. The highest BCUT2D eigenvalue weighted by molar-refractivity contribution is 5.39. The van der Waals surface area contributed by atoms with Crippen molar-refractivity contribution in [2.75, 3.05) is 47.1 Å². The van der Waals surface area contributed by atoms with Crippen LogP contribution in [0.1, 0.15) is 26.7 Å². The third-order valence-corrected chi connectivity index (χ3v) is 5.05. The Morgan fingerprint density at radius 2 is 1.88 bits per heavy atom. The maximum Gasteiger partial charge on any atom is 0.161 e. The number of benzene rings is 1. The van der Waals surface area contributed by atoms with E-state index < -0.39 is 5.60 Å². The summed E-state index contributed by atoms with van der Waals surface area (Å²) in [6.07, 6.45) is 1.68. The van der Waals surface area contributed by atoms with Crippen LogP contribution in [0.4, 0.5) is 0 Å². The first-order chi connectivity index (χ1) is 11.4. The molecule has 1 aromatic carbocycles. The van der Waals surface area contributed by atoms with Gasteiger partial charge in [0.2, 0.25) is 0 Å². The van der Waals surface area contributed by atoms with Gasteiger partial charge in [0.05, 0.1) is 25.9 Å². The van der Waals surface area contributed by atoms with E-state index in [0.717, 1.165) is 44.0 Å². The van der Waals surface area contributed by atoms with Gasteiger partial charge in [0.15, 0.2) is 11.5 Å². The summed E-state index contributed by atoms with van der Waals surface area (Å²) in [7, 11) is 3.30. The number of hydrogen-bond donors (Lipinski definition) is 1. The minimum Gasteiger partial charge on any atom is -0.493 e. The fraction of sp³-hybridized carbons (Fsp3) is 0.684. The lowest BCUT2D eigenvalue weighted by Crippen LogP contribution is -2.59. The van der Waals surface area contributed by atoms with Crippen molar-refractivity contribution in [2.24, 2.45) is 5.41 Å². The standard InChI is InChI=1S/C19H31NO4/c1-18(2)14-20(12-10-19(18,21)15-22-3)11-7-13-24-17-9-6-5-8-16(17)23-4/h5-6,8-9,21H,7,10-15H2,1-4H3/t19-/m1/s1. The quantitative estimate of drug-likeness (QED) is 0.739. The van der Waals surface area contributed by atoms with Crippen molar-refractivity contribution in [1.29, 1.82) is 0 Å². The molecule has 0 amide bonds. The lowest BCUT2D eigenvalue weighted by molar-refractivity contribution is -0.150. The summed E-state index contributed by atoms with van der Waals surface area (Å²) >= 11 is 0. The van der Waals surface area contributed by atoms with Crippen molar-refractivity contribution in [3.63, 3.8) is 0 Å². The van der Waals surface area contributed by atoms with E-state index in [-0.39, 0.29) is 5.41 Å². The number of piperidine rings is 1. The van der Waals surface area contributed by atoms with E-state index in [4.69, 9.17) is 14.2 Å². The molecule has 0 bridgehead atoms.